The summed E-state index contributed by atoms with van der Waals surface area (Å²) < 4.78 is 0. The predicted molar refractivity (Wildman–Crippen MR) is 101 cm³/mol. The van der Waals surface area contributed by atoms with E-state index in [-0.39, 0.29) is 0 Å². The fourth-order valence-corrected chi connectivity index (χ4v) is 3.06. The molecule has 4 aromatic rings. The third-order valence-electron chi connectivity index (χ3n) is 4.30. The summed E-state index contributed by atoms with van der Waals surface area (Å²) in [5, 5.41) is 11.9. The number of hydrogen-bond acceptors (Lipinski definition) is 1. The van der Waals surface area contributed by atoms with Crippen LogP contribution in [0, 0.1) is 11.3 Å². The molecule has 0 aliphatic heterocycles. The molecule has 1 aromatic heterocycles. The molecular weight excluding hydrogens is 291 g/mol. The highest BCUT2D eigenvalue weighted by Crippen LogP contribution is 2.17. The second-order valence-corrected chi connectivity index (χ2v) is 5.91. The normalized spacial score (nSPS) is 10.5. The first-order chi connectivity index (χ1) is 11.8. The number of aromatic nitrogens is 1. The highest BCUT2D eigenvalue weighted by atomic mass is 14.7. The zero-order valence-electron chi connectivity index (χ0n) is 13.2. The van der Waals surface area contributed by atoms with Gasteiger partial charge in [-0.15, -0.1) is 0 Å². The fourth-order valence-electron chi connectivity index (χ4n) is 3.06. The van der Waals surface area contributed by atoms with Crippen LogP contribution in [0.15, 0.2) is 78.9 Å². The number of benzene rings is 3. The lowest BCUT2D eigenvalue weighted by Gasteiger charge is -2.02. The number of nitriles is 1. The van der Waals surface area contributed by atoms with Crippen molar-refractivity contribution in [2.45, 2.75) is 0 Å². The Labute approximate surface area is 141 Å². The SMILES string of the molecule is N#Cc1cc(-c2ccccc2)[nH]c1Bc1ccc2ccccc2c1. The van der Waals surface area contributed by atoms with E-state index in [1.54, 1.807) is 0 Å². The standard InChI is InChI=1S/C21H15BN2/c23-14-18-13-20(16-7-2-1-3-8-16)24-21(18)22-19-11-10-15-6-4-5-9-17(15)12-19/h1-13,22,24H. The van der Waals surface area contributed by atoms with E-state index in [1.165, 1.54) is 16.2 Å². The molecule has 0 amide bonds. The van der Waals surface area contributed by atoms with E-state index in [2.05, 4.69) is 47.5 Å². The van der Waals surface area contributed by atoms with Crippen molar-refractivity contribution < 1.29 is 0 Å². The van der Waals surface area contributed by atoms with Gasteiger partial charge in [0.25, 0.3) is 0 Å². The Hall–Kier alpha value is -3.25. The molecule has 1 heterocycles. The first-order valence-corrected chi connectivity index (χ1v) is 7.98. The topological polar surface area (TPSA) is 39.6 Å². The van der Waals surface area contributed by atoms with Gasteiger partial charge in [-0.1, -0.05) is 78.3 Å². The number of rotatable bonds is 3. The average molecular weight is 306 g/mol. The molecule has 2 nitrogen and oxygen atoms in total. The Bertz CT molecular complexity index is 1040. The monoisotopic (exact) mass is 306 g/mol. The number of hydrogen-bond donors (Lipinski definition) is 1. The van der Waals surface area contributed by atoms with Gasteiger partial charge in [0.1, 0.15) is 6.07 Å². The summed E-state index contributed by atoms with van der Waals surface area (Å²) in [7, 11) is 0.723. The van der Waals surface area contributed by atoms with E-state index < -0.39 is 0 Å². The van der Waals surface area contributed by atoms with Gasteiger partial charge in [-0.05, 0) is 28.0 Å². The van der Waals surface area contributed by atoms with Gasteiger partial charge in [-0.2, -0.15) is 5.26 Å². The molecule has 3 heteroatoms. The average Bonchev–Trinajstić information content (AvgIpc) is 3.05. The first-order valence-electron chi connectivity index (χ1n) is 7.98. The Kier molecular flexibility index (Phi) is 3.65. The molecule has 3 aromatic carbocycles. The summed E-state index contributed by atoms with van der Waals surface area (Å²) >= 11 is 0. The van der Waals surface area contributed by atoms with Crippen LogP contribution in [-0.2, 0) is 0 Å². The van der Waals surface area contributed by atoms with Crippen LogP contribution < -0.4 is 11.1 Å². The number of nitrogens with one attached hydrogen (secondary N) is 1. The summed E-state index contributed by atoms with van der Waals surface area (Å²) in [6.45, 7) is 0. The maximum absolute atomic E-state index is 9.46. The number of aromatic amines is 1. The van der Waals surface area contributed by atoms with Crippen LogP contribution in [0.3, 0.4) is 0 Å². The molecule has 24 heavy (non-hydrogen) atoms. The van der Waals surface area contributed by atoms with E-state index in [0.29, 0.717) is 5.56 Å². The summed E-state index contributed by atoms with van der Waals surface area (Å²) in [4.78, 5) is 3.42. The molecule has 1 N–H and O–H groups in total. The third-order valence-corrected chi connectivity index (χ3v) is 4.30. The van der Waals surface area contributed by atoms with Crippen molar-refractivity contribution in [3.05, 3.63) is 84.4 Å². The van der Waals surface area contributed by atoms with Crippen molar-refractivity contribution in [2.75, 3.05) is 0 Å². The summed E-state index contributed by atoms with van der Waals surface area (Å²) in [6, 6.07) is 29.1. The Morgan fingerprint density at radius 2 is 1.54 bits per heavy atom. The Morgan fingerprint density at radius 1 is 0.792 bits per heavy atom. The van der Waals surface area contributed by atoms with Crippen molar-refractivity contribution >= 4 is 29.1 Å². The quantitative estimate of drug-likeness (QED) is 0.581. The zero-order valence-corrected chi connectivity index (χ0v) is 13.2. The van der Waals surface area contributed by atoms with Crippen molar-refractivity contribution in [3.8, 4) is 17.3 Å². The number of H-pyrrole nitrogens is 1. The van der Waals surface area contributed by atoms with Gasteiger partial charge in [-0.25, -0.2) is 0 Å². The molecule has 112 valence electrons. The molecular formula is C21H15BN2. The molecule has 0 fully saturated rings. The van der Waals surface area contributed by atoms with Crippen LogP contribution in [0.25, 0.3) is 22.0 Å². The highest BCUT2D eigenvalue weighted by molar-refractivity contribution is 6.67. The van der Waals surface area contributed by atoms with Crippen LogP contribution in [0.4, 0.5) is 0 Å². The maximum Gasteiger partial charge on any atom is 0.214 e. The minimum Gasteiger partial charge on any atom is -0.365 e. The molecule has 0 radical (unpaired) electrons. The predicted octanol–water partition coefficient (Wildman–Crippen LogP) is 3.09. The number of nitrogens with zero attached hydrogens (tertiary/aromatic N) is 1. The lowest BCUT2D eigenvalue weighted by atomic mass is 9.65. The summed E-state index contributed by atoms with van der Waals surface area (Å²) in [5.74, 6) is 0. The van der Waals surface area contributed by atoms with Crippen molar-refractivity contribution in [3.63, 3.8) is 0 Å². The van der Waals surface area contributed by atoms with Crippen LogP contribution in [-0.4, -0.2) is 12.3 Å². The molecule has 0 unspecified atom stereocenters. The second kappa shape index (κ2) is 6.10. The molecule has 0 aliphatic rings. The molecule has 0 saturated heterocycles. The minimum absolute atomic E-state index is 0.710. The van der Waals surface area contributed by atoms with Gasteiger partial charge in [0.15, 0.2) is 0 Å². The van der Waals surface area contributed by atoms with E-state index >= 15 is 0 Å². The smallest absolute Gasteiger partial charge is 0.214 e. The molecule has 0 atom stereocenters. The van der Waals surface area contributed by atoms with Crippen LogP contribution in [0.1, 0.15) is 5.56 Å². The van der Waals surface area contributed by atoms with Crippen molar-refractivity contribution in [1.29, 1.82) is 5.26 Å². The fraction of sp³-hybridized carbons (Fsp3) is 0. The van der Waals surface area contributed by atoms with Crippen LogP contribution >= 0.6 is 0 Å². The summed E-state index contributed by atoms with van der Waals surface area (Å²) in [5.41, 5.74) is 4.96. The highest BCUT2D eigenvalue weighted by Gasteiger charge is 2.11. The van der Waals surface area contributed by atoms with Gasteiger partial charge >= 0.3 is 0 Å². The van der Waals surface area contributed by atoms with Gasteiger partial charge in [0.05, 0.1) is 5.56 Å². The lowest BCUT2D eigenvalue weighted by molar-refractivity contribution is 1.44. The molecule has 4 rings (SSSR count). The molecule has 0 spiro atoms. The zero-order chi connectivity index (χ0) is 16.4. The van der Waals surface area contributed by atoms with E-state index in [0.717, 1.165) is 24.1 Å². The van der Waals surface area contributed by atoms with E-state index in [4.69, 9.17) is 0 Å². The maximum atomic E-state index is 9.46. The van der Waals surface area contributed by atoms with Gasteiger partial charge in [0, 0.05) is 5.69 Å². The molecule has 0 aliphatic carbocycles. The summed E-state index contributed by atoms with van der Waals surface area (Å²) in [6.07, 6.45) is 0. The Morgan fingerprint density at radius 3 is 2.33 bits per heavy atom. The Balaban J connectivity index is 1.71. The van der Waals surface area contributed by atoms with Crippen molar-refractivity contribution in [2.24, 2.45) is 0 Å². The van der Waals surface area contributed by atoms with Gasteiger partial charge in [0.2, 0.25) is 7.28 Å². The second-order valence-electron chi connectivity index (χ2n) is 5.91. The molecule has 0 saturated carbocycles. The first kappa shape index (κ1) is 14.4. The van der Waals surface area contributed by atoms with E-state index in [9.17, 15) is 5.26 Å². The number of fused-ring (bicyclic) bond motifs is 1. The molecule has 0 bridgehead atoms. The van der Waals surface area contributed by atoms with Gasteiger partial charge < -0.3 is 4.98 Å². The largest absolute Gasteiger partial charge is 0.365 e. The lowest BCUT2D eigenvalue weighted by Crippen LogP contribution is -2.29. The third kappa shape index (κ3) is 2.70. The van der Waals surface area contributed by atoms with Crippen molar-refractivity contribution in [1.82, 2.24) is 4.98 Å². The van der Waals surface area contributed by atoms with Crippen LogP contribution in [0.5, 0.6) is 0 Å². The van der Waals surface area contributed by atoms with Crippen LogP contribution in [0.2, 0.25) is 0 Å². The minimum atomic E-state index is 0.710. The van der Waals surface area contributed by atoms with Gasteiger partial charge in [-0.3, -0.25) is 0 Å². The van der Waals surface area contributed by atoms with E-state index in [1.807, 2.05) is 42.5 Å².